The predicted octanol–water partition coefficient (Wildman–Crippen LogP) is 3.54. The summed E-state index contributed by atoms with van der Waals surface area (Å²) in [6.07, 6.45) is 1.15. The molecule has 1 rings (SSSR count). The van der Waals surface area contributed by atoms with E-state index in [9.17, 15) is 8.78 Å². The lowest BCUT2D eigenvalue weighted by atomic mass is 10.0. The monoisotopic (exact) mass is 307 g/mol. The Hall–Kier alpha value is -0.520. The van der Waals surface area contributed by atoms with Gasteiger partial charge >= 0.3 is 0 Å². The van der Waals surface area contributed by atoms with Gasteiger partial charge in [0.1, 0.15) is 11.6 Å². The fourth-order valence-electron chi connectivity index (χ4n) is 1.56. The van der Waals surface area contributed by atoms with Crippen LogP contribution in [0.25, 0.3) is 0 Å². The lowest BCUT2D eigenvalue weighted by molar-refractivity contribution is 0.107. The highest BCUT2D eigenvalue weighted by atomic mass is 79.9. The first-order valence-corrected chi connectivity index (χ1v) is 6.18. The second-order valence-electron chi connectivity index (χ2n) is 3.99. The average molecular weight is 308 g/mol. The quantitative estimate of drug-likeness (QED) is 0.844. The van der Waals surface area contributed by atoms with Crippen molar-refractivity contribution in [1.82, 2.24) is 0 Å². The number of rotatable bonds is 5. The molecule has 0 amide bonds. The Balaban J connectivity index is 2.81. The van der Waals surface area contributed by atoms with Gasteiger partial charge in [0.25, 0.3) is 0 Å². The fraction of sp³-hybridized carbons (Fsp3) is 0.500. The average Bonchev–Trinajstić information content (AvgIpc) is 2.31. The van der Waals surface area contributed by atoms with Crippen LogP contribution in [0.2, 0.25) is 0 Å². The third kappa shape index (κ3) is 3.72. The number of ether oxygens (including phenoxy) is 1. The summed E-state index contributed by atoms with van der Waals surface area (Å²) >= 11 is 3.02. The summed E-state index contributed by atoms with van der Waals surface area (Å²) in [4.78, 5) is 0. The van der Waals surface area contributed by atoms with Gasteiger partial charge in [-0.3, -0.25) is 0 Å². The van der Waals surface area contributed by atoms with Crippen molar-refractivity contribution in [2.45, 2.75) is 31.9 Å². The zero-order valence-corrected chi connectivity index (χ0v) is 11.4. The maximum atomic E-state index is 13.7. The van der Waals surface area contributed by atoms with Crippen LogP contribution in [-0.4, -0.2) is 13.2 Å². The third-order valence-corrected chi connectivity index (χ3v) is 3.35. The molecule has 0 radical (unpaired) electrons. The van der Waals surface area contributed by atoms with Gasteiger partial charge in [-0.2, -0.15) is 0 Å². The topological polar surface area (TPSA) is 35.2 Å². The van der Waals surface area contributed by atoms with Gasteiger partial charge in [-0.15, -0.1) is 0 Å². The molecule has 0 aromatic heterocycles. The van der Waals surface area contributed by atoms with Crippen LogP contribution in [0.15, 0.2) is 16.6 Å². The minimum absolute atomic E-state index is 0.0272. The van der Waals surface area contributed by atoms with Gasteiger partial charge < -0.3 is 10.5 Å². The summed E-state index contributed by atoms with van der Waals surface area (Å²) in [5.41, 5.74) is 5.75. The number of nitrogens with two attached hydrogens (primary N) is 1. The zero-order chi connectivity index (χ0) is 13.0. The zero-order valence-electron chi connectivity index (χ0n) is 9.84. The number of benzene rings is 1. The lowest BCUT2D eigenvalue weighted by Crippen LogP contribution is -2.17. The molecule has 0 fully saturated rings. The van der Waals surface area contributed by atoms with Gasteiger partial charge in [-0.1, -0.05) is 0 Å². The maximum absolute atomic E-state index is 13.7. The molecule has 0 heterocycles. The van der Waals surface area contributed by atoms with Crippen molar-refractivity contribution in [3.05, 3.63) is 33.8 Å². The van der Waals surface area contributed by atoms with Crippen molar-refractivity contribution in [2.24, 2.45) is 5.73 Å². The molecule has 17 heavy (non-hydrogen) atoms. The van der Waals surface area contributed by atoms with Crippen molar-refractivity contribution in [3.63, 3.8) is 0 Å². The van der Waals surface area contributed by atoms with E-state index in [2.05, 4.69) is 15.9 Å². The van der Waals surface area contributed by atoms with Crippen molar-refractivity contribution < 1.29 is 13.5 Å². The standard InChI is InChI=1S/C12H16BrF2NO/c1-7(17-2)3-6-10(16)11-9(14)5-4-8(13)12(11)15/h4-5,7,10H,3,6,16H2,1-2H3. The van der Waals surface area contributed by atoms with Crippen LogP contribution in [0, 0.1) is 11.6 Å². The SMILES string of the molecule is COC(C)CCC(N)c1c(F)ccc(Br)c1F. The van der Waals surface area contributed by atoms with E-state index in [0.29, 0.717) is 12.8 Å². The van der Waals surface area contributed by atoms with Crippen LogP contribution < -0.4 is 5.73 Å². The molecule has 1 aromatic rings. The Bertz CT molecular complexity index is 387. The van der Waals surface area contributed by atoms with Gasteiger partial charge in [-0.25, -0.2) is 8.78 Å². The molecule has 5 heteroatoms. The van der Waals surface area contributed by atoms with Crippen molar-refractivity contribution >= 4 is 15.9 Å². The molecule has 1 aromatic carbocycles. The minimum Gasteiger partial charge on any atom is -0.382 e. The van der Waals surface area contributed by atoms with Crippen LogP contribution in [0.4, 0.5) is 8.78 Å². The first-order chi connectivity index (χ1) is 7.97. The molecular weight excluding hydrogens is 292 g/mol. The summed E-state index contributed by atoms with van der Waals surface area (Å²) in [6, 6.07) is 1.88. The number of hydrogen-bond acceptors (Lipinski definition) is 2. The summed E-state index contributed by atoms with van der Waals surface area (Å²) in [7, 11) is 1.59. The van der Waals surface area contributed by atoms with Crippen molar-refractivity contribution in [2.75, 3.05) is 7.11 Å². The first-order valence-electron chi connectivity index (χ1n) is 5.39. The second-order valence-corrected chi connectivity index (χ2v) is 4.84. The van der Waals surface area contributed by atoms with Gasteiger partial charge in [-0.05, 0) is 47.8 Å². The Morgan fingerprint density at radius 3 is 2.59 bits per heavy atom. The molecule has 0 saturated carbocycles. The van der Waals surface area contributed by atoms with E-state index in [-0.39, 0.29) is 16.1 Å². The van der Waals surface area contributed by atoms with E-state index in [4.69, 9.17) is 10.5 Å². The Kier molecular flexibility index (Phi) is 5.49. The highest BCUT2D eigenvalue weighted by molar-refractivity contribution is 9.10. The smallest absolute Gasteiger partial charge is 0.145 e. The third-order valence-electron chi connectivity index (χ3n) is 2.74. The molecule has 2 N–H and O–H groups in total. The van der Waals surface area contributed by atoms with E-state index >= 15 is 0 Å². The molecule has 0 spiro atoms. The minimum atomic E-state index is -0.662. The van der Waals surface area contributed by atoms with Crippen molar-refractivity contribution in [3.8, 4) is 0 Å². The molecular formula is C12H16BrF2NO. The summed E-state index contributed by atoms with van der Waals surface area (Å²) < 4.78 is 32.5. The molecule has 0 saturated heterocycles. The molecule has 2 atom stereocenters. The Labute approximate surface area is 108 Å². The van der Waals surface area contributed by atoms with Gasteiger partial charge in [0.05, 0.1) is 10.6 Å². The van der Waals surface area contributed by atoms with Crippen LogP contribution in [-0.2, 0) is 4.74 Å². The molecule has 96 valence electrons. The van der Waals surface area contributed by atoms with E-state index in [1.165, 1.54) is 12.1 Å². The summed E-state index contributed by atoms with van der Waals surface area (Å²) in [6.45, 7) is 1.89. The summed E-state index contributed by atoms with van der Waals surface area (Å²) in [5, 5.41) is 0. The highest BCUT2D eigenvalue weighted by Gasteiger charge is 2.19. The van der Waals surface area contributed by atoms with E-state index in [1.807, 2.05) is 6.92 Å². The van der Waals surface area contributed by atoms with E-state index in [1.54, 1.807) is 7.11 Å². The maximum Gasteiger partial charge on any atom is 0.145 e. The summed E-state index contributed by atoms with van der Waals surface area (Å²) in [5.74, 6) is -1.23. The predicted molar refractivity (Wildman–Crippen MR) is 66.7 cm³/mol. The highest BCUT2D eigenvalue weighted by Crippen LogP contribution is 2.28. The Morgan fingerprint density at radius 1 is 1.35 bits per heavy atom. The number of halogens is 3. The van der Waals surface area contributed by atoms with Crippen LogP contribution in [0.5, 0.6) is 0 Å². The van der Waals surface area contributed by atoms with Crippen molar-refractivity contribution in [1.29, 1.82) is 0 Å². The van der Waals surface area contributed by atoms with Crippen LogP contribution in [0.3, 0.4) is 0 Å². The molecule has 0 aliphatic rings. The fourth-order valence-corrected chi connectivity index (χ4v) is 1.90. The second kappa shape index (κ2) is 6.42. The molecule has 0 aliphatic heterocycles. The molecule has 2 nitrogen and oxygen atoms in total. The first kappa shape index (κ1) is 14.5. The van der Waals surface area contributed by atoms with Gasteiger partial charge in [0, 0.05) is 18.7 Å². The largest absolute Gasteiger partial charge is 0.382 e. The van der Waals surface area contributed by atoms with E-state index < -0.39 is 17.7 Å². The lowest BCUT2D eigenvalue weighted by Gasteiger charge is -2.16. The molecule has 2 unspecified atom stereocenters. The van der Waals surface area contributed by atoms with E-state index in [0.717, 1.165) is 0 Å². The van der Waals surface area contributed by atoms with Crippen LogP contribution in [0.1, 0.15) is 31.4 Å². The Morgan fingerprint density at radius 2 is 2.00 bits per heavy atom. The molecule has 0 aliphatic carbocycles. The molecule has 0 bridgehead atoms. The number of hydrogen-bond donors (Lipinski definition) is 1. The van der Waals surface area contributed by atoms with Gasteiger partial charge in [0.15, 0.2) is 0 Å². The van der Waals surface area contributed by atoms with Gasteiger partial charge in [0.2, 0.25) is 0 Å². The normalized spacial score (nSPS) is 14.7. The van der Waals surface area contributed by atoms with Crippen LogP contribution >= 0.6 is 15.9 Å². The number of methoxy groups -OCH3 is 1.